The largest absolute Gasteiger partial charge is 0.347 e. The van der Waals surface area contributed by atoms with Gasteiger partial charge < -0.3 is 18.9 Å². The molecule has 1 saturated heterocycles. The summed E-state index contributed by atoms with van der Waals surface area (Å²) in [5.74, 6) is -2.98. The van der Waals surface area contributed by atoms with Crippen LogP contribution in [0.1, 0.15) is 13.3 Å². The van der Waals surface area contributed by atoms with E-state index in [0.717, 1.165) is 5.57 Å². The standard InChI is InChI=1S/C15H19BrO6/c1-7(17)8-6-9-11(14-21-4-5-22-14)12(16)10(8)13(18)15(9,19-2)20-3/h8-10,14H,4-6H2,1-3H3/t8-,9+,10+/m1/s1. The number of rotatable bonds is 4. The highest BCUT2D eigenvalue weighted by molar-refractivity contribution is 9.11. The van der Waals surface area contributed by atoms with Crippen molar-refractivity contribution in [3.8, 4) is 0 Å². The number of fused-ring (bicyclic) bond motifs is 2. The Bertz CT molecular complexity index is 532. The summed E-state index contributed by atoms with van der Waals surface area (Å²) in [6, 6.07) is 0. The van der Waals surface area contributed by atoms with Crippen LogP contribution in [-0.2, 0) is 28.5 Å². The minimum atomic E-state index is -1.38. The fourth-order valence-corrected chi connectivity index (χ4v) is 4.86. The number of carbonyl (C=O) groups is 2. The smallest absolute Gasteiger partial charge is 0.236 e. The van der Waals surface area contributed by atoms with E-state index >= 15 is 0 Å². The van der Waals surface area contributed by atoms with E-state index in [9.17, 15) is 9.59 Å². The first-order chi connectivity index (χ1) is 10.5. The Hall–Kier alpha value is -0.600. The number of ether oxygens (including phenoxy) is 4. The number of allylic oxidation sites excluding steroid dienone is 1. The minimum Gasteiger partial charge on any atom is -0.347 e. The average Bonchev–Trinajstić information content (AvgIpc) is 3.01. The van der Waals surface area contributed by atoms with Crippen LogP contribution in [0.25, 0.3) is 0 Å². The molecular weight excluding hydrogens is 356 g/mol. The van der Waals surface area contributed by atoms with Crippen molar-refractivity contribution in [3.05, 3.63) is 10.1 Å². The Morgan fingerprint density at radius 1 is 1.27 bits per heavy atom. The van der Waals surface area contributed by atoms with Crippen molar-refractivity contribution in [3.63, 3.8) is 0 Å². The molecule has 0 aromatic heterocycles. The third-order valence-electron chi connectivity index (χ3n) is 4.91. The van der Waals surface area contributed by atoms with Crippen LogP contribution in [0, 0.1) is 17.8 Å². The van der Waals surface area contributed by atoms with Gasteiger partial charge >= 0.3 is 0 Å². The quantitative estimate of drug-likeness (QED) is 0.693. The predicted molar refractivity (Wildman–Crippen MR) is 79.2 cm³/mol. The third-order valence-corrected chi connectivity index (χ3v) is 5.86. The Labute approximate surface area is 137 Å². The molecule has 0 N–H and O–H groups in total. The molecule has 4 aliphatic rings. The summed E-state index contributed by atoms with van der Waals surface area (Å²) < 4.78 is 22.9. The average molecular weight is 375 g/mol. The van der Waals surface area contributed by atoms with Gasteiger partial charge in [-0.15, -0.1) is 0 Å². The van der Waals surface area contributed by atoms with Gasteiger partial charge in [-0.2, -0.15) is 0 Å². The molecule has 0 radical (unpaired) electrons. The van der Waals surface area contributed by atoms with Gasteiger partial charge in [-0.05, 0) is 13.3 Å². The Kier molecular flexibility index (Phi) is 4.28. The fourth-order valence-electron chi connectivity index (χ4n) is 3.87. The highest BCUT2D eigenvalue weighted by Gasteiger charge is 2.64. The van der Waals surface area contributed by atoms with Crippen molar-refractivity contribution >= 4 is 27.5 Å². The van der Waals surface area contributed by atoms with Crippen molar-refractivity contribution < 1.29 is 28.5 Å². The van der Waals surface area contributed by atoms with Crippen LogP contribution >= 0.6 is 15.9 Å². The first-order valence-electron chi connectivity index (χ1n) is 7.25. The number of hydrogen-bond donors (Lipinski definition) is 0. The minimum absolute atomic E-state index is 0.00610. The van der Waals surface area contributed by atoms with Gasteiger partial charge in [0.05, 0.1) is 19.1 Å². The molecule has 3 aliphatic carbocycles. The molecule has 122 valence electrons. The first kappa shape index (κ1) is 16.3. The zero-order chi connectivity index (χ0) is 16.1. The molecule has 7 heteroatoms. The summed E-state index contributed by atoms with van der Waals surface area (Å²) in [5.41, 5.74) is 0.822. The highest BCUT2D eigenvalue weighted by Crippen LogP contribution is 2.56. The lowest BCUT2D eigenvalue weighted by atomic mass is 9.60. The second kappa shape index (κ2) is 5.79. The lowest BCUT2D eigenvalue weighted by molar-refractivity contribution is -0.245. The topological polar surface area (TPSA) is 71.1 Å². The summed E-state index contributed by atoms with van der Waals surface area (Å²) in [5, 5.41) is 0. The van der Waals surface area contributed by atoms with E-state index in [2.05, 4.69) is 15.9 Å². The number of halogens is 1. The van der Waals surface area contributed by atoms with Crippen molar-refractivity contribution in [2.24, 2.45) is 17.8 Å². The number of methoxy groups -OCH3 is 2. The molecule has 4 rings (SSSR count). The maximum absolute atomic E-state index is 12.9. The molecule has 0 aromatic rings. The Balaban J connectivity index is 2.12. The van der Waals surface area contributed by atoms with Gasteiger partial charge in [0.25, 0.3) is 0 Å². The molecule has 1 saturated carbocycles. The van der Waals surface area contributed by atoms with E-state index in [0.29, 0.717) is 24.1 Å². The van der Waals surface area contributed by atoms with Crippen LogP contribution in [0.5, 0.6) is 0 Å². The highest BCUT2D eigenvalue weighted by atomic mass is 79.9. The molecule has 0 unspecified atom stereocenters. The molecule has 1 aliphatic heterocycles. The molecule has 0 spiro atoms. The van der Waals surface area contributed by atoms with E-state index in [1.807, 2.05) is 0 Å². The normalized spacial score (nSPS) is 34.5. The summed E-state index contributed by atoms with van der Waals surface area (Å²) in [6.45, 7) is 2.52. The second-order valence-electron chi connectivity index (χ2n) is 5.80. The second-order valence-corrected chi connectivity index (χ2v) is 6.65. The Morgan fingerprint density at radius 2 is 1.86 bits per heavy atom. The van der Waals surface area contributed by atoms with Crippen LogP contribution < -0.4 is 0 Å². The van der Waals surface area contributed by atoms with Gasteiger partial charge in [0.2, 0.25) is 11.6 Å². The van der Waals surface area contributed by atoms with E-state index in [-0.39, 0.29) is 17.5 Å². The van der Waals surface area contributed by atoms with Crippen molar-refractivity contribution in [2.45, 2.75) is 25.4 Å². The zero-order valence-corrected chi connectivity index (χ0v) is 14.3. The SMILES string of the molecule is COC1(OC)C(=O)[C@@H]2C(Br)=C(C3OCCO3)[C@@H]1C[C@@H]2C(C)=O. The Morgan fingerprint density at radius 3 is 2.36 bits per heavy atom. The molecular formula is C15H19BrO6. The van der Waals surface area contributed by atoms with Gasteiger partial charge in [-0.25, -0.2) is 0 Å². The van der Waals surface area contributed by atoms with Gasteiger partial charge in [0.1, 0.15) is 5.78 Å². The van der Waals surface area contributed by atoms with Crippen molar-refractivity contribution in [2.75, 3.05) is 27.4 Å². The van der Waals surface area contributed by atoms with E-state index in [1.165, 1.54) is 21.1 Å². The van der Waals surface area contributed by atoms with Crippen LogP contribution in [0.2, 0.25) is 0 Å². The molecule has 2 bridgehead atoms. The van der Waals surface area contributed by atoms with E-state index in [1.54, 1.807) is 0 Å². The third kappa shape index (κ3) is 2.06. The monoisotopic (exact) mass is 374 g/mol. The van der Waals surface area contributed by atoms with E-state index in [4.69, 9.17) is 18.9 Å². The molecule has 2 fully saturated rings. The van der Waals surface area contributed by atoms with Crippen molar-refractivity contribution in [1.29, 1.82) is 0 Å². The zero-order valence-electron chi connectivity index (χ0n) is 12.8. The van der Waals surface area contributed by atoms with Crippen molar-refractivity contribution in [1.82, 2.24) is 0 Å². The summed E-state index contributed by atoms with van der Waals surface area (Å²) >= 11 is 3.52. The van der Waals surface area contributed by atoms with Gasteiger partial charge in [-0.3, -0.25) is 9.59 Å². The van der Waals surface area contributed by atoms with Crippen LogP contribution in [0.15, 0.2) is 10.1 Å². The number of hydrogen-bond acceptors (Lipinski definition) is 6. The molecule has 6 nitrogen and oxygen atoms in total. The number of Topliss-reactive ketones (excluding diaryl/α,β-unsaturated/α-hetero) is 2. The first-order valence-corrected chi connectivity index (χ1v) is 8.05. The molecule has 0 aromatic carbocycles. The maximum atomic E-state index is 12.9. The molecule has 0 amide bonds. The van der Waals surface area contributed by atoms with Crippen LogP contribution in [-0.4, -0.2) is 51.1 Å². The molecule has 1 heterocycles. The maximum Gasteiger partial charge on any atom is 0.236 e. The predicted octanol–water partition coefficient (Wildman–Crippen LogP) is 1.42. The lowest BCUT2D eigenvalue weighted by Gasteiger charge is -2.51. The summed E-state index contributed by atoms with van der Waals surface area (Å²) in [7, 11) is 2.90. The summed E-state index contributed by atoms with van der Waals surface area (Å²) in [4.78, 5) is 24.9. The lowest BCUT2D eigenvalue weighted by Crippen LogP contribution is -2.63. The fraction of sp³-hybridized carbons (Fsp3) is 0.733. The van der Waals surface area contributed by atoms with Gasteiger partial charge in [0, 0.05) is 36.1 Å². The van der Waals surface area contributed by atoms with Crippen LogP contribution in [0.4, 0.5) is 0 Å². The van der Waals surface area contributed by atoms with E-state index < -0.39 is 23.9 Å². The van der Waals surface area contributed by atoms with Crippen LogP contribution in [0.3, 0.4) is 0 Å². The molecule has 3 atom stereocenters. The molecule has 22 heavy (non-hydrogen) atoms. The van der Waals surface area contributed by atoms with Gasteiger partial charge in [0.15, 0.2) is 6.29 Å². The number of ketones is 2. The number of carbonyl (C=O) groups excluding carboxylic acids is 2. The summed E-state index contributed by atoms with van der Waals surface area (Å²) in [6.07, 6.45) is -0.0336. The van der Waals surface area contributed by atoms with Gasteiger partial charge in [-0.1, -0.05) is 15.9 Å².